The minimum atomic E-state index is 0.630. The molecule has 102 valence electrons. The number of aromatic nitrogens is 4. The predicted molar refractivity (Wildman–Crippen MR) is 83.0 cm³/mol. The van der Waals surface area contributed by atoms with Crippen molar-refractivity contribution >= 4 is 43.3 Å². The highest BCUT2D eigenvalue weighted by Crippen LogP contribution is 2.31. The molecule has 0 unspecified atom stereocenters. The van der Waals surface area contributed by atoms with Gasteiger partial charge in [-0.15, -0.1) is 11.3 Å². The van der Waals surface area contributed by atoms with Crippen LogP contribution in [0, 0.1) is 5.92 Å². The molecule has 0 bridgehead atoms. The summed E-state index contributed by atoms with van der Waals surface area (Å²) >= 11 is 5.09. The highest BCUT2D eigenvalue weighted by molar-refractivity contribution is 9.10. The zero-order valence-corrected chi connectivity index (χ0v) is 13.0. The van der Waals surface area contributed by atoms with Crippen LogP contribution in [0.5, 0.6) is 0 Å². The largest absolute Gasteiger partial charge is 0.355 e. The Balaban J connectivity index is 1.47. The summed E-state index contributed by atoms with van der Waals surface area (Å²) in [7, 11) is 0. The van der Waals surface area contributed by atoms with Gasteiger partial charge in [0.05, 0.1) is 16.1 Å². The molecule has 0 atom stereocenters. The summed E-state index contributed by atoms with van der Waals surface area (Å²) in [6, 6.07) is 2.10. The van der Waals surface area contributed by atoms with Crippen molar-refractivity contribution in [1.82, 2.24) is 19.7 Å². The second-order valence-electron chi connectivity index (χ2n) is 4.99. The number of fused-ring (bicyclic) bond motifs is 1. The van der Waals surface area contributed by atoms with Gasteiger partial charge in [-0.2, -0.15) is 5.10 Å². The summed E-state index contributed by atoms with van der Waals surface area (Å²) < 4.78 is 3.02. The van der Waals surface area contributed by atoms with Gasteiger partial charge in [0, 0.05) is 31.7 Å². The van der Waals surface area contributed by atoms with E-state index in [-0.39, 0.29) is 0 Å². The molecular weight excluding hydrogens is 338 g/mol. The van der Waals surface area contributed by atoms with Gasteiger partial charge >= 0.3 is 0 Å². The fraction of sp³-hybridized carbons (Fsp3) is 0.308. The smallest absolute Gasteiger partial charge is 0.140 e. The van der Waals surface area contributed by atoms with Crippen LogP contribution in [0.4, 0.5) is 5.82 Å². The number of nitrogens with zero attached hydrogens (tertiary/aromatic N) is 5. The molecule has 0 N–H and O–H groups in total. The number of anilines is 1. The Morgan fingerprint density at radius 1 is 1.35 bits per heavy atom. The maximum absolute atomic E-state index is 4.44. The molecule has 0 aliphatic carbocycles. The number of rotatable bonds is 3. The van der Waals surface area contributed by atoms with Crippen molar-refractivity contribution in [3.63, 3.8) is 0 Å². The Hall–Kier alpha value is -1.47. The van der Waals surface area contributed by atoms with Crippen LogP contribution >= 0.6 is 27.3 Å². The Kier molecular flexibility index (Phi) is 2.96. The van der Waals surface area contributed by atoms with Crippen LogP contribution in [-0.2, 0) is 6.54 Å². The number of halogens is 1. The number of hydrogen-bond donors (Lipinski definition) is 0. The lowest BCUT2D eigenvalue weighted by Gasteiger charge is -2.40. The molecule has 20 heavy (non-hydrogen) atoms. The second-order valence-corrected chi connectivity index (χ2v) is 6.80. The van der Waals surface area contributed by atoms with E-state index in [0.29, 0.717) is 5.92 Å². The molecule has 1 aliphatic heterocycles. The lowest BCUT2D eigenvalue weighted by atomic mass is 10.00. The average molecular weight is 350 g/mol. The highest BCUT2D eigenvalue weighted by atomic mass is 79.9. The quantitative estimate of drug-likeness (QED) is 0.729. The first-order valence-electron chi connectivity index (χ1n) is 6.41. The molecule has 1 fully saturated rings. The van der Waals surface area contributed by atoms with Gasteiger partial charge in [0.1, 0.15) is 17.0 Å². The topological polar surface area (TPSA) is 46.8 Å². The van der Waals surface area contributed by atoms with Crippen LogP contribution < -0.4 is 4.90 Å². The Labute approximate surface area is 128 Å². The molecule has 1 aliphatic rings. The fourth-order valence-corrected chi connectivity index (χ4v) is 3.65. The Bertz CT molecular complexity index is 746. The molecular formula is C13H12BrN5S. The van der Waals surface area contributed by atoms with E-state index in [1.54, 1.807) is 17.7 Å². The summed E-state index contributed by atoms with van der Waals surface area (Å²) in [5.74, 6) is 1.69. The average Bonchev–Trinajstić information content (AvgIpc) is 3.01. The summed E-state index contributed by atoms with van der Waals surface area (Å²) in [5, 5.41) is 7.54. The van der Waals surface area contributed by atoms with Crippen LogP contribution in [0.25, 0.3) is 10.2 Å². The van der Waals surface area contributed by atoms with Gasteiger partial charge in [-0.3, -0.25) is 4.68 Å². The van der Waals surface area contributed by atoms with E-state index in [9.17, 15) is 0 Å². The minimum Gasteiger partial charge on any atom is -0.355 e. The molecule has 0 spiro atoms. The molecule has 7 heteroatoms. The molecule has 3 aromatic heterocycles. The lowest BCUT2D eigenvalue weighted by Crippen LogP contribution is -2.49. The zero-order chi connectivity index (χ0) is 13.5. The van der Waals surface area contributed by atoms with Gasteiger partial charge in [-0.05, 0) is 27.4 Å². The normalized spacial score (nSPS) is 15.8. The van der Waals surface area contributed by atoms with E-state index < -0.39 is 0 Å². The van der Waals surface area contributed by atoms with Gasteiger partial charge in [-0.1, -0.05) is 0 Å². The van der Waals surface area contributed by atoms with Crippen LogP contribution in [0.2, 0.25) is 0 Å². The van der Waals surface area contributed by atoms with Crippen LogP contribution in [0.1, 0.15) is 0 Å². The first-order chi connectivity index (χ1) is 9.79. The Morgan fingerprint density at radius 3 is 3.05 bits per heavy atom. The summed E-state index contributed by atoms with van der Waals surface area (Å²) in [5.41, 5.74) is 0. The molecule has 0 radical (unpaired) electrons. The van der Waals surface area contributed by atoms with E-state index in [2.05, 4.69) is 47.3 Å². The molecule has 1 saturated heterocycles. The summed E-state index contributed by atoms with van der Waals surface area (Å²) in [6.45, 7) is 3.01. The third kappa shape index (κ3) is 2.10. The van der Waals surface area contributed by atoms with Gasteiger partial charge in [0.2, 0.25) is 0 Å². The van der Waals surface area contributed by atoms with Crippen molar-refractivity contribution in [2.45, 2.75) is 6.54 Å². The van der Waals surface area contributed by atoms with E-state index in [1.165, 1.54) is 0 Å². The van der Waals surface area contributed by atoms with Crippen molar-refractivity contribution in [3.05, 3.63) is 34.6 Å². The molecule has 0 aromatic carbocycles. The van der Waals surface area contributed by atoms with Crippen molar-refractivity contribution in [1.29, 1.82) is 0 Å². The van der Waals surface area contributed by atoms with Crippen LogP contribution in [0.3, 0.4) is 0 Å². The predicted octanol–water partition coefficient (Wildman–Crippen LogP) is 2.79. The SMILES string of the molecule is Brc1cnn(CC2CN(c3ncnc4sccc34)C2)c1. The van der Waals surface area contributed by atoms with Crippen LogP contribution in [0.15, 0.2) is 34.6 Å². The lowest BCUT2D eigenvalue weighted by molar-refractivity contribution is 0.341. The van der Waals surface area contributed by atoms with Crippen molar-refractivity contribution in [2.24, 2.45) is 5.92 Å². The fourth-order valence-electron chi connectivity index (χ4n) is 2.59. The monoisotopic (exact) mass is 349 g/mol. The zero-order valence-electron chi connectivity index (χ0n) is 10.6. The first kappa shape index (κ1) is 12.3. The first-order valence-corrected chi connectivity index (χ1v) is 8.08. The minimum absolute atomic E-state index is 0.630. The van der Waals surface area contributed by atoms with E-state index in [0.717, 1.165) is 40.1 Å². The van der Waals surface area contributed by atoms with E-state index in [4.69, 9.17) is 0 Å². The second kappa shape index (κ2) is 4.82. The maximum Gasteiger partial charge on any atom is 0.140 e. The molecule has 0 amide bonds. The van der Waals surface area contributed by atoms with Crippen molar-refractivity contribution in [3.8, 4) is 0 Å². The third-order valence-electron chi connectivity index (χ3n) is 3.54. The molecule has 4 rings (SSSR count). The third-order valence-corrected chi connectivity index (χ3v) is 4.77. The van der Waals surface area contributed by atoms with Crippen molar-refractivity contribution < 1.29 is 0 Å². The Morgan fingerprint density at radius 2 is 2.25 bits per heavy atom. The van der Waals surface area contributed by atoms with Crippen LogP contribution in [-0.4, -0.2) is 32.8 Å². The van der Waals surface area contributed by atoms with Gasteiger partial charge in [0.15, 0.2) is 0 Å². The van der Waals surface area contributed by atoms with E-state index >= 15 is 0 Å². The van der Waals surface area contributed by atoms with Gasteiger partial charge in [0.25, 0.3) is 0 Å². The summed E-state index contributed by atoms with van der Waals surface area (Å²) in [6.07, 6.45) is 5.51. The molecule has 4 heterocycles. The number of hydrogen-bond acceptors (Lipinski definition) is 5. The van der Waals surface area contributed by atoms with Gasteiger partial charge < -0.3 is 4.90 Å². The van der Waals surface area contributed by atoms with Gasteiger partial charge in [-0.25, -0.2) is 9.97 Å². The molecule has 3 aromatic rings. The molecule has 5 nitrogen and oxygen atoms in total. The molecule has 0 saturated carbocycles. The standard InChI is InChI=1S/C13H12BrN5S/c14-10-3-17-19(7-10)6-9-4-18(5-9)12-11-1-2-20-13(11)16-8-15-12/h1-3,7-9H,4-6H2. The van der Waals surface area contributed by atoms with E-state index in [1.807, 2.05) is 17.1 Å². The number of thiophene rings is 1. The maximum atomic E-state index is 4.44. The highest BCUT2D eigenvalue weighted by Gasteiger charge is 2.29. The summed E-state index contributed by atoms with van der Waals surface area (Å²) in [4.78, 5) is 12.1. The van der Waals surface area contributed by atoms with Crippen molar-refractivity contribution in [2.75, 3.05) is 18.0 Å².